The third-order valence-corrected chi connectivity index (χ3v) is 2.98. The average Bonchev–Trinajstić information content (AvgIpc) is 2.78. The summed E-state index contributed by atoms with van der Waals surface area (Å²) < 4.78 is 0. The SMILES string of the molecule is NCc1ccc(C(=O)ON2C(=O)CCC2=O)cc1C(=O)O. The number of hydroxylamine groups is 2. The molecule has 1 aromatic rings. The molecule has 3 N–H and O–H groups in total. The summed E-state index contributed by atoms with van der Waals surface area (Å²) in [7, 11) is 0. The van der Waals surface area contributed by atoms with Gasteiger partial charge >= 0.3 is 11.9 Å². The van der Waals surface area contributed by atoms with Gasteiger partial charge in [0.2, 0.25) is 0 Å². The predicted octanol–water partition coefficient (Wildman–Crippen LogP) is 0.0643. The first-order valence-corrected chi connectivity index (χ1v) is 6.08. The first kappa shape index (κ1) is 14.7. The van der Waals surface area contributed by atoms with Crippen LogP contribution in [0.4, 0.5) is 0 Å². The molecule has 21 heavy (non-hydrogen) atoms. The minimum Gasteiger partial charge on any atom is -0.478 e. The molecular formula is C13H12N2O6. The zero-order chi connectivity index (χ0) is 15.6. The van der Waals surface area contributed by atoms with Crippen LogP contribution in [-0.4, -0.2) is 33.9 Å². The number of carbonyl (C=O) groups is 4. The smallest absolute Gasteiger partial charge is 0.363 e. The molecule has 8 heteroatoms. The molecule has 1 heterocycles. The van der Waals surface area contributed by atoms with Crippen molar-refractivity contribution in [1.82, 2.24) is 5.06 Å². The van der Waals surface area contributed by atoms with Gasteiger partial charge in [-0.1, -0.05) is 6.07 Å². The zero-order valence-electron chi connectivity index (χ0n) is 10.9. The van der Waals surface area contributed by atoms with Gasteiger partial charge in [0, 0.05) is 19.4 Å². The Hall–Kier alpha value is -2.74. The van der Waals surface area contributed by atoms with Crippen LogP contribution in [0.15, 0.2) is 18.2 Å². The topological polar surface area (TPSA) is 127 Å². The minimum atomic E-state index is -1.24. The number of rotatable bonds is 4. The molecular weight excluding hydrogens is 280 g/mol. The third kappa shape index (κ3) is 2.90. The Morgan fingerprint density at radius 2 is 1.86 bits per heavy atom. The van der Waals surface area contributed by atoms with Crippen LogP contribution in [0.3, 0.4) is 0 Å². The van der Waals surface area contributed by atoms with Gasteiger partial charge in [-0.05, 0) is 17.7 Å². The molecule has 0 radical (unpaired) electrons. The van der Waals surface area contributed by atoms with E-state index in [2.05, 4.69) is 0 Å². The molecule has 1 aromatic carbocycles. The summed E-state index contributed by atoms with van der Waals surface area (Å²) in [5, 5.41) is 9.45. The molecule has 1 fully saturated rings. The van der Waals surface area contributed by atoms with Crippen molar-refractivity contribution >= 4 is 23.8 Å². The number of benzene rings is 1. The van der Waals surface area contributed by atoms with E-state index in [-0.39, 0.29) is 30.5 Å². The van der Waals surface area contributed by atoms with Crippen molar-refractivity contribution in [3.05, 3.63) is 34.9 Å². The van der Waals surface area contributed by atoms with E-state index in [1.54, 1.807) is 0 Å². The number of aromatic carboxylic acids is 1. The van der Waals surface area contributed by atoms with Crippen LogP contribution in [0.25, 0.3) is 0 Å². The van der Waals surface area contributed by atoms with Crippen molar-refractivity contribution in [1.29, 1.82) is 0 Å². The first-order valence-electron chi connectivity index (χ1n) is 6.08. The number of carbonyl (C=O) groups excluding carboxylic acids is 3. The summed E-state index contributed by atoms with van der Waals surface area (Å²) in [5.74, 6) is -3.43. The maximum Gasteiger partial charge on any atom is 0.363 e. The Kier molecular flexibility index (Phi) is 3.99. The van der Waals surface area contributed by atoms with Gasteiger partial charge in [-0.3, -0.25) is 9.59 Å². The van der Waals surface area contributed by atoms with E-state index in [4.69, 9.17) is 15.7 Å². The monoisotopic (exact) mass is 292 g/mol. The molecule has 1 aliphatic heterocycles. The van der Waals surface area contributed by atoms with Crippen LogP contribution in [0.2, 0.25) is 0 Å². The molecule has 0 aliphatic carbocycles. The largest absolute Gasteiger partial charge is 0.478 e. The molecule has 8 nitrogen and oxygen atoms in total. The van der Waals surface area contributed by atoms with Crippen molar-refractivity contribution in [2.24, 2.45) is 5.73 Å². The van der Waals surface area contributed by atoms with Crippen LogP contribution in [0.5, 0.6) is 0 Å². The molecule has 0 unspecified atom stereocenters. The summed E-state index contributed by atoms with van der Waals surface area (Å²) >= 11 is 0. The second kappa shape index (κ2) is 5.71. The van der Waals surface area contributed by atoms with Crippen LogP contribution in [-0.2, 0) is 21.0 Å². The second-order valence-corrected chi connectivity index (χ2v) is 4.34. The molecule has 110 valence electrons. The van der Waals surface area contributed by atoms with E-state index in [9.17, 15) is 19.2 Å². The van der Waals surface area contributed by atoms with Gasteiger partial charge in [0.15, 0.2) is 0 Å². The summed E-state index contributed by atoms with van der Waals surface area (Å²) in [6, 6.07) is 3.80. The Labute approximate surface area is 119 Å². The molecule has 0 saturated carbocycles. The van der Waals surface area contributed by atoms with Crippen molar-refractivity contribution in [3.63, 3.8) is 0 Å². The molecule has 2 amide bonds. The average molecular weight is 292 g/mol. The highest BCUT2D eigenvalue weighted by Crippen LogP contribution is 2.17. The maximum atomic E-state index is 11.9. The lowest BCUT2D eigenvalue weighted by atomic mass is 10.0. The van der Waals surface area contributed by atoms with Gasteiger partial charge in [0.05, 0.1) is 11.1 Å². The van der Waals surface area contributed by atoms with E-state index in [1.165, 1.54) is 12.1 Å². The molecule has 1 aliphatic rings. The van der Waals surface area contributed by atoms with Crippen molar-refractivity contribution in [2.45, 2.75) is 19.4 Å². The molecule has 2 rings (SSSR count). The number of hydrogen-bond donors (Lipinski definition) is 2. The van der Waals surface area contributed by atoms with Gasteiger partial charge < -0.3 is 15.7 Å². The number of nitrogens with two attached hydrogens (primary N) is 1. The number of carboxylic acids is 1. The Bertz CT molecular complexity index is 624. The predicted molar refractivity (Wildman–Crippen MR) is 67.8 cm³/mol. The lowest BCUT2D eigenvalue weighted by Crippen LogP contribution is -2.32. The van der Waals surface area contributed by atoms with Gasteiger partial charge in [0.25, 0.3) is 11.8 Å². The zero-order valence-corrected chi connectivity index (χ0v) is 10.9. The first-order chi connectivity index (χ1) is 9.93. The fourth-order valence-electron chi connectivity index (χ4n) is 1.87. The second-order valence-electron chi connectivity index (χ2n) is 4.34. The van der Waals surface area contributed by atoms with E-state index in [0.717, 1.165) is 6.07 Å². The fraction of sp³-hybridized carbons (Fsp3) is 0.231. The van der Waals surface area contributed by atoms with Crippen LogP contribution in [0, 0.1) is 0 Å². The Morgan fingerprint density at radius 1 is 1.24 bits per heavy atom. The van der Waals surface area contributed by atoms with Gasteiger partial charge in [0.1, 0.15) is 0 Å². The van der Waals surface area contributed by atoms with Crippen LogP contribution >= 0.6 is 0 Å². The number of imide groups is 1. The molecule has 0 bridgehead atoms. The highest BCUT2D eigenvalue weighted by Gasteiger charge is 2.33. The summed E-state index contributed by atoms with van der Waals surface area (Å²) in [6.45, 7) is 0.0000573. The highest BCUT2D eigenvalue weighted by molar-refractivity contribution is 6.03. The van der Waals surface area contributed by atoms with Crippen molar-refractivity contribution < 1.29 is 29.1 Å². The molecule has 0 atom stereocenters. The van der Waals surface area contributed by atoms with Crippen LogP contribution < -0.4 is 5.73 Å². The standard InChI is InChI=1S/C13H12N2O6/c14-6-8-2-1-7(5-9(8)12(18)19)13(20)21-15-10(16)3-4-11(15)17/h1-2,5H,3-4,6,14H2,(H,18,19). The summed E-state index contributed by atoms with van der Waals surface area (Å²) in [4.78, 5) is 50.3. The lowest BCUT2D eigenvalue weighted by molar-refractivity contribution is -0.172. The number of nitrogens with zero attached hydrogens (tertiary/aromatic N) is 1. The molecule has 0 aromatic heterocycles. The van der Waals surface area contributed by atoms with Crippen molar-refractivity contribution in [3.8, 4) is 0 Å². The van der Waals surface area contributed by atoms with Gasteiger partial charge in [-0.25, -0.2) is 9.59 Å². The normalized spacial score (nSPS) is 14.4. The molecule has 1 saturated heterocycles. The summed E-state index contributed by atoms with van der Waals surface area (Å²) in [5.41, 5.74) is 5.54. The number of amides is 2. The van der Waals surface area contributed by atoms with Gasteiger partial charge in [-0.15, -0.1) is 5.06 Å². The van der Waals surface area contributed by atoms with Crippen molar-refractivity contribution in [2.75, 3.05) is 0 Å². The third-order valence-electron chi connectivity index (χ3n) is 2.98. The number of hydrogen-bond acceptors (Lipinski definition) is 6. The van der Waals surface area contributed by atoms with E-state index in [0.29, 0.717) is 10.6 Å². The Balaban J connectivity index is 2.23. The van der Waals surface area contributed by atoms with Gasteiger partial charge in [-0.2, -0.15) is 0 Å². The maximum absolute atomic E-state index is 11.9. The number of carboxylic acid groups (broad SMARTS) is 1. The van der Waals surface area contributed by atoms with E-state index < -0.39 is 23.8 Å². The van der Waals surface area contributed by atoms with E-state index >= 15 is 0 Å². The summed E-state index contributed by atoms with van der Waals surface area (Å²) in [6.07, 6.45) is -0.0306. The Morgan fingerprint density at radius 3 is 2.38 bits per heavy atom. The molecule has 0 spiro atoms. The minimum absolute atomic E-state index is 0.0000573. The fourth-order valence-corrected chi connectivity index (χ4v) is 1.87. The quantitative estimate of drug-likeness (QED) is 0.751. The highest BCUT2D eigenvalue weighted by atomic mass is 16.7. The lowest BCUT2D eigenvalue weighted by Gasteiger charge is -2.13. The van der Waals surface area contributed by atoms with E-state index in [1.807, 2.05) is 0 Å². The van der Waals surface area contributed by atoms with Crippen LogP contribution in [0.1, 0.15) is 39.1 Å².